The monoisotopic (exact) mass is 1280 g/mol. The highest BCUT2D eigenvalue weighted by Gasteiger charge is 2.22. The number of ether oxygens (including phenoxy) is 4. The van der Waals surface area contributed by atoms with Crippen molar-refractivity contribution < 1.29 is 42.9 Å². The first-order chi connectivity index (χ1) is 45.6. The molecule has 0 aliphatic rings. The average molecular weight is 1280 g/mol. The molecule has 0 N–H and O–H groups in total. The molecule has 0 aromatic heterocycles. The van der Waals surface area contributed by atoms with E-state index >= 15 is 0 Å². The molecule has 0 saturated carbocycles. The number of nitrogens with zero attached hydrogens (tertiary/aromatic N) is 1. The van der Waals surface area contributed by atoms with Crippen molar-refractivity contribution in [2.75, 3.05) is 47.5 Å². The molecule has 2 unspecified atom stereocenters. The van der Waals surface area contributed by atoms with Gasteiger partial charge in [0, 0.05) is 12.8 Å². The molecule has 0 amide bonds. The second kappa shape index (κ2) is 71.5. The molecule has 93 heavy (non-hydrogen) atoms. The SMILES string of the molecule is CC/C=C\C/C=C\C/C=C\C/C=C\C/C=C\C/C=C\C/C=C\C/C=C\C/C=C\CCCCCCCCCCCC(=O)OC(COC(=O)CCCCC/C=C\C/C=C\C/C=C\C/C=C\C/C=C\C/C=C\C/C=C\C/C=C\C/C=C\CC)COC(OCC[N+](C)(C)C)C(=O)[O-]. The second-order valence-corrected chi connectivity index (χ2v) is 24.1. The van der Waals surface area contributed by atoms with Crippen molar-refractivity contribution in [2.24, 2.45) is 0 Å². The molecular formula is C84H129NO8. The molecule has 0 aliphatic carbocycles. The van der Waals surface area contributed by atoms with Gasteiger partial charge in [-0.25, -0.2) is 0 Å². The van der Waals surface area contributed by atoms with Crippen molar-refractivity contribution in [3.8, 4) is 0 Å². The van der Waals surface area contributed by atoms with E-state index in [9.17, 15) is 19.5 Å². The van der Waals surface area contributed by atoms with Crippen LogP contribution in [0, 0.1) is 0 Å². The lowest BCUT2D eigenvalue weighted by atomic mass is 10.1. The smallest absolute Gasteiger partial charge is 0.306 e. The summed E-state index contributed by atoms with van der Waals surface area (Å²) in [4.78, 5) is 37.5. The highest BCUT2D eigenvalue weighted by molar-refractivity contribution is 5.70. The molecular weight excluding hydrogens is 1150 g/mol. The number of unbranched alkanes of at least 4 members (excludes halogenated alkanes) is 12. The largest absolute Gasteiger partial charge is 0.545 e. The van der Waals surface area contributed by atoms with Gasteiger partial charge in [0.1, 0.15) is 13.2 Å². The van der Waals surface area contributed by atoms with Crippen molar-refractivity contribution in [2.45, 2.75) is 245 Å². The number of rotatable bonds is 63. The zero-order valence-corrected chi connectivity index (χ0v) is 59.0. The number of hydrogen-bond donors (Lipinski definition) is 0. The minimum absolute atomic E-state index is 0.128. The summed E-state index contributed by atoms with van der Waals surface area (Å²) in [7, 11) is 5.90. The zero-order valence-electron chi connectivity index (χ0n) is 59.0. The van der Waals surface area contributed by atoms with Gasteiger partial charge in [0.2, 0.25) is 0 Å². The first-order valence-electron chi connectivity index (χ1n) is 35.9. The van der Waals surface area contributed by atoms with Crippen molar-refractivity contribution in [1.82, 2.24) is 0 Å². The minimum atomic E-state index is -1.65. The lowest BCUT2D eigenvalue weighted by Gasteiger charge is -2.26. The summed E-state index contributed by atoms with van der Waals surface area (Å²) < 4.78 is 22.7. The van der Waals surface area contributed by atoms with E-state index in [-0.39, 0.29) is 32.7 Å². The molecule has 0 radical (unpaired) electrons. The quantitative estimate of drug-likeness (QED) is 0.0195. The number of carboxylic acids is 1. The van der Waals surface area contributed by atoms with E-state index in [2.05, 4.69) is 233 Å². The number of carbonyl (C=O) groups is 3. The normalized spacial score (nSPS) is 14.0. The summed E-state index contributed by atoms with van der Waals surface area (Å²) in [6.45, 7) is 4.44. The first-order valence-corrected chi connectivity index (χ1v) is 35.9. The van der Waals surface area contributed by atoms with Crippen molar-refractivity contribution in [3.63, 3.8) is 0 Å². The lowest BCUT2D eigenvalue weighted by Crippen LogP contribution is -2.44. The summed E-state index contributed by atoms with van der Waals surface area (Å²) in [6, 6.07) is 0. The maximum atomic E-state index is 12.9. The number of likely N-dealkylation sites (N-methyl/N-ethyl adjacent to an activating group) is 1. The minimum Gasteiger partial charge on any atom is -0.545 e. The number of quaternary nitrogens is 1. The number of esters is 2. The van der Waals surface area contributed by atoms with Crippen LogP contribution in [-0.4, -0.2) is 82.3 Å². The number of allylic oxidation sites excluding steroid dienone is 36. The first kappa shape index (κ1) is 86.6. The predicted octanol–water partition coefficient (Wildman–Crippen LogP) is 21.6. The Hall–Kier alpha value is -6.39. The fraction of sp³-hybridized carbons (Fsp3) is 0.536. The van der Waals surface area contributed by atoms with Crippen LogP contribution in [0.1, 0.15) is 232 Å². The van der Waals surface area contributed by atoms with Gasteiger partial charge in [0.15, 0.2) is 12.4 Å². The van der Waals surface area contributed by atoms with Crippen LogP contribution in [0.3, 0.4) is 0 Å². The summed E-state index contributed by atoms with van der Waals surface area (Å²) >= 11 is 0. The summed E-state index contributed by atoms with van der Waals surface area (Å²) in [5, 5.41) is 11.8. The topological polar surface area (TPSA) is 111 Å². The molecule has 0 spiro atoms. The lowest BCUT2D eigenvalue weighted by molar-refractivity contribution is -0.870. The Morgan fingerprint density at radius 3 is 0.871 bits per heavy atom. The van der Waals surface area contributed by atoms with Crippen LogP contribution in [0.4, 0.5) is 0 Å². The number of aliphatic carboxylic acids is 1. The van der Waals surface area contributed by atoms with Crippen LogP contribution in [0.15, 0.2) is 219 Å². The van der Waals surface area contributed by atoms with Gasteiger partial charge in [-0.1, -0.05) is 284 Å². The fourth-order valence-corrected chi connectivity index (χ4v) is 8.81. The highest BCUT2D eigenvalue weighted by atomic mass is 16.7. The van der Waals surface area contributed by atoms with E-state index in [4.69, 9.17) is 18.9 Å². The molecule has 0 heterocycles. The zero-order chi connectivity index (χ0) is 67.5. The number of carboxylic acid groups (broad SMARTS) is 1. The van der Waals surface area contributed by atoms with E-state index in [1.54, 1.807) is 0 Å². The van der Waals surface area contributed by atoms with Crippen LogP contribution in [0.25, 0.3) is 0 Å². The third-order valence-electron chi connectivity index (χ3n) is 14.2. The summed E-state index contributed by atoms with van der Waals surface area (Å²) in [6.07, 6.45) is 110. The van der Waals surface area contributed by atoms with Gasteiger partial charge in [-0.2, -0.15) is 0 Å². The van der Waals surface area contributed by atoms with E-state index in [0.717, 1.165) is 161 Å². The van der Waals surface area contributed by atoms with Crippen LogP contribution < -0.4 is 5.11 Å². The molecule has 9 nitrogen and oxygen atoms in total. The van der Waals surface area contributed by atoms with Crippen LogP contribution in [0.2, 0.25) is 0 Å². The number of hydrogen-bond acceptors (Lipinski definition) is 8. The number of carbonyl (C=O) groups excluding carboxylic acids is 3. The van der Waals surface area contributed by atoms with Crippen LogP contribution in [0.5, 0.6) is 0 Å². The summed E-state index contributed by atoms with van der Waals surface area (Å²) in [5.74, 6) is -2.36. The third-order valence-corrected chi connectivity index (χ3v) is 14.2. The third kappa shape index (κ3) is 72.9. The van der Waals surface area contributed by atoms with E-state index < -0.39 is 30.3 Å². The van der Waals surface area contributed by atoms with Gasteiger partial charge in [0.05, 0.1) is 40.3 Å². The Bertz CT molecular complexity index is 2330. The molecule has 0 bridgehead atoms. The van der Waals surface area contributed by atoms with Gasteiger partial charge in [-0.3, -0.25) is 9.59 Å². The van der Waals surface area contributed by atoms with Crippen molar-refractivity contribution in [1.29, 1.82) is 0 Å². The standard InChI is InChI=1S/C84H129NO8/c1-6-8-10-12-14-16-18-20-22-24-26-28-30-32-34-36-38-39-40-41-42-43-45-47-49-51-53-55-57-59-61-63-65-67-69-71-73-75-82(87)93-80(79-92-84(83(88)89)90-77-76-85(3,4)5)78-91-81(86)74-72-70-68-66-64-62-60-58-56-54-52-50-48-46-44-37-35-33-31-29-27-25-23-21-19-17-15-13-11-9-7-2/h8-11,14-17,20-23,26-29,32-35,38-39,41-42,44-47,50-53,56,58,62,64,80,84H,6-7,12-13,18-19,24-25,30-31,36-37,40,43,48-49,54-55,57,59-61,63,65-79H2,1-5H3/b10-8-,11-9-,16-14-,17-15-,22-20-,23-21-,28-26-,29-27-,34-32-,35-33-,39-38-,42-41-,46-44-,47-45-,52-50-,53-51-,58-56-,64-62-. The predicted molar refractivity (Wildman–Crippen MR) is 397 cm³/mol. The molecule has 0 saturated heterocycles. The summed E-state index contributed by atoms with van der Waals surface area (Å²) in [5.41, 5.74) is 0. The van der Waals surface area contributed by atoms with Gasteiger partial charge in [0.25, 0.3) is 0 Å². The Labute approximate surface area is 568 Å². The van der Waals surface area contributed by atoms with Gasteiger partial charge < -0.3 is 33.3 Å². The van der Waals surface area contributed by atoms with Crippen LogP contribution in [-0.2, 0) is 33.3 Å². The Morgan fingerprint density at radius 1 is 0.323 bits per heavy atom. The maximum absolute atomic E-state index is 12.9. The van der Waals surface area contributed by atoms with E-state index in [0.29, 0.717) is 23.9 Å². The molecule has 0 rings (SSSR count). The Kier molecular flexibility index (Phi) is 66.5. The van der Waals surface area contributed by atoms with Gasteiger partial charge in [-0.05, 0) is 154 Å². The second-order valence-electron chi connectivity index (χ2n) is 24.1. The Balaban J connectivity index is 4.28. The van der Waals surface area contributed by atoms with Gasteiger partial charge in [-0.15, -0.1) is 0 Å². The molecule has 0 fully saturated rings. The van der Waals surface area contributed by atoms with E-state index in [1.165, 1.54) is 32.1 Å². The Morgan fingerprint density at radius 2 is 0.581 bits per heavy atom. The molecule has 2 atom stereocenters. The van der Waals surface area contributed by atoms with Crippen molar-refractivity contribution in [3.05, 3.63) is 219 Å². The fourth-order valence-electron chi connectivity index (χ4n) is 8.81. The van der Waals surface area contributed by atoms with E-state index in [1.807, 2.05) is 21.1 Å². The van der Waals surface area contributed by atoms with Crippen molar-refractivity contribution >= 4 is 17.9 Å². The molecule has 0 aromatic carbocycles. The average Bonchev–Trinajstić information content (AvgIpc) is 3.73. The molecule has 0 aromatic rings. The highest BCUT2D eigenvalue weighted by Crippen LogP contribution is 2.14. The maximum Gasteiger partial charge on any atom is 0.306 e. The van der Waals surface area contributed by atoms with Crippen LogP contribution >= 0.6 is 0 Å². The molecule has 0 aliphatic heterocycles. The molecule has 518 valence electrons. The molecule has 9 heteroatoms. The van der Waals surface area contributed by atoms with Gasteiger partial charge >= 0.3 is 11.9 Å².